The molecule has 1 heterocycles. The van der Waals surface area contributed by atoms with E-state index in [2.05, 4.69) is 15.5 Å². The molecule has 1 amide bonds. The third-order valence-corrected chi connectivity index (χ3v) is 5.72. The zero-order chi connectivity index (χ0) is 23.1. The van der Waals surface area contributed by atoms with E-state index in [0.717, 1.165) is 17.4 Å². The number of benzene rings is 2. The lowest BCUT2D eigenvalue weighted by Crippen LogP contribution is -2.38. The number of carbonyl (C=O) groups is 2. The van der Waals surface area contributed by atoms with Gasteiger partial charge in [-0.25, -0.2) is 4.39 Å². The molecular weight excluding hydrogens is 431 g/mol. The Hall–Kier alpha value is -3.20. The molecule has 168 valence electrons. The summed E-state index contributed by atoms with van der Waals surface area (Å²) in [5.41, 5.74) is 1.49. The van der Waals surface area contributed by atoms with Crippen LogP contribution < -0.4 is 5.32 Å². The van der Waals surface area contributed by atoms with Crippen molar-refractivity contribution in [2.75, 3.05) is 12.4 Å². The van der Waals surface area contributed by atoms with Crippen molar-refractivity contribution in [1.29, 1.82) is 0 Å². The molecule has 1 unspecified atom stereocenters. The highest BCUT2D eigenvalue weighted by atomic mass is 32.2. The van der Waals surface area contributed by atoms with E-state index in [9.17, 15) is 14.0 Å². The summed E-state index contributed by atoms with van der Waals surface area (Å²) in [4.78, 5) is 24.1. The average molecular weight is 457 g/mol. The second-order valence-corrected chi connectivity index (χ2v) is 8.48. The molecular formula is C23H25FN4O3S. The number of hydrogen-bond donors (Lipinski definition) is 1. The molecule has 9 heteroatoms. The van der Waals surface area contributed by atoms with E-state index in [1.807, 2.05) is 51.1 Å². The Morgan fingerprint density at radius 2 is 1.75 bits per heavy atom. The first kappa shape index (κ1) is 23.5. The third-order valence-electron chi connectivity index (χ3n) is 4.82. The molecule has 1 aromatic heterocycles. The van der Waals surface area contributed by atoms with Gasteiger partial charge in [-0.1, -0.05) is 43.8 Å². The lowest BCUT2D eigenvalue weighted by Gasteiger charge is -2.17. The van der Waals surface area contributed by atoms with Crippen LogP contribution in [0.25, 0.3) is 17.1 Å². The first-order valence-electron chi connectivity index (χ1n) is 10.2. The molecule has 32 heavy (non-hydrogen) atoms. The van der Waals surface area contributed by atoms with E-state index in [0.29, 0.717) is 16.5 Å². The fourth-order valence-electron chi connectivity index (χ4n) is 2.73. The van der Waals surface area contributed by atoms with Gasteiger partial charge in [-0.2, -0.15) is 0 Å². The number of amides is 1. The van der Waals surface area contributed by atoms with Crippen molar-refractivity contribution in [3.63, 3.8) is 0 Å². The van der Waals surface area contributed by atoms with E-state index in [-0.39, 0.29) is 36.0 Å². The predicted octanol–water partition coefficient (Wildman–Crippen LogP) is 3.87. The number of thioether (sulfide) groups is 1. The summed E-state index contributed by atoms with van der Waals surface area (Å²) in [6.07, 6.45) is 0. The van der Waals surface area contributed by atoms with Crippen LogP contribution >= 0.6 is 11.8 Å². The van der Waals surface area contributed by atoms with E-state index >= 15 is 0 Å². The highest BCUT2D eigenvalue weighted by Gasteiger charge is 2.18. The molecule has 7 nitrogen and oxygen atoms in total. The molecule has 3 rings (SSSR count). The lowest BCUT2D eigenvalue weighted by molar-refractivity contribution is -0.146. The maximum absolute atomic E-state index is 13.4. The Morgan fingerprint density at radius 1 is 1.06 bits per heavy atom. The SMILES string of the molecule is CC(C)C(C)NC(=O)COC(=O)CSc1nnc(-c2ccc(F)cc2)n1-c1ccccc1. The molecule has 0 fully saturated rings. The third kappa shape index (κ3) is 6.16. The average Bonchev–Trinajstić information content (AvgIpc) is 3.21. The molecule has 0 aliphatic carbocycles. The Kier molecular flexibility index (Phi) is 7.99. The predicted molar refractivity (Wildman–Crippen MR) is 121 cm³/mol. The van der Waals surface area contributed by atoms with Crippen LogP contribution in [0, 0.1) is 11.7 Å². The monoisotopic (exact) mass is 456 g/mol. The van der Waals surface area contributed by atoms with Crippen LogP contribution in [0.15, 0.2) is 59.8 Å². The van der Waals surface area contributed by atoms with Crippen molar-refractivity contribution >= 4 is 23.6 Å². The van der Waals surface area contributed by atoms with Crippen LogP contribution in [0.2, 0.25) is 0 Å². The molecule has 1 atom stereocenters. The van der Waals surface area contributed by atoms with E-state index < -0.39 is 5.97 Å². The zero-order valence-corrected chi connectivity index (χ0v) is 18.9. The van der Waals surface area contributed by atoms with Crippen LogP contribution in [0.5, 0.6) is 0 Å². The maximum atomic E-state index is 13.4. The number of hydrogen-bond acceptors (Lipinski definition) is 6. The fourth-order valence-corrected chi connectivity index (χ4v) is 3.48. The minimum atomic E-state index is -0.534. The Balaban J connectivity index is 1.69. The molecule has 0 aliphatic heterocycles. The highest BCUT2D eigenvalue weighted by molar-refractivity contribution is 7.99. The van der Waals surface area contributed by atoms with Crippen LogP contribution in [-0.4, -0.2) is 45.0 Å². The van der Waals surface area contributed by atoms with Gasteiger partial charge in [0.2, 0.25) is 0 Å². The van der Waals surface area contributed by atoms with Gasteiger partial charge in [0.05, 0.1) is 5.75 Å². The molecule has 0 bridgehead atoms. The number of aromatic nitrogens is 3. The van der Waals surface area contributed by atoms with Crippen molar-refractivity contribution < 1.29 is 18.7 Å². The van der Waals surface area contributed by atoms with Gasteiger partial charge in [0.1, 0.15) is 5.82 Å². The summed E-state index contributed by atoms with van der Waals surface area (Å²) in [6.45, 7) is 5.56. The topological polar surface area (TPSA) is 86.1 Å². The number of esters is 1. The fraction of sp³-hybridized carbons (Fsp3) is 0.304. The van der Waals surface area contributed by atoms with Gasteiger partial charge in [0.25, 0.3) is 5.91 Å². The number of rotatable bonds is 9. The highest BCUT2D eigenvalue weighted by Crippen LogP contribution is 2.28. The first-order chi connectivity index (χ1) is 15.3. The summed E-state index contributed by atoms with van der Waals surface area (Å²) in [7, 11) is 0. The summed E-state index contributed by atoms with van der Waals surface area (Å²) < 4.78 is 20.2. The quantitative estimate of drug-likeness (QED) is 0.389. The van der Waals surface area contributed by atoms with Gasteiger partial charge in [0.15, 0.2) is 17.6 Å². The van der Waals surface area contributed by atoms with Crippen molar-refractivity contribution in [2.45, 2.75) is 32.0 Å². The Morgan fingerprint density at radius 3 is 2.41 bits per heavy atom. The van der Waals surface area contributed by atoms with Gasteiger partial charge < -0.3 is 10.1 Å². The van der Waals surface area contributed by atoms with Crippen molar-refractivity contribution in [3.8, 4) is 17.1 Å². The van der Waals surface area contributed by atoms with Crippen molar-refractivity contribution in [2.24, 2.45) is 5.92 Å². The van der Waals surface area contributed by atoms with Crippen LogP contribution in [0.3, 0.4) is 0 Å². The van der Waals surface area contributed by atoms with Gasteiger partial charge in [0, 0.05) is 17.3 Å². The van der Waals surface area contributed by atoms with Crippen LogP contribution in [-0.2, 0) is 14.3 Å². The van der Waals surface area contributed by atoms with E-state index in [1.54, 1.807) is 16.7 Å². The molecule has 0 spiro atoms. The molecule has 1 N–H and O–H groups in total. The minimum Gasteiger partial charge on any atom is -0.455 e. The summed E-state index contributed by atoms with van der Waals surface area (Å²) in [6, 6.07) is 15.4. The van der Waals surface area contributed by atoms with E-state index in [1.165, 1.54) is 12.1 Å². The summed E-state index contributed by atoms with van der Waals surface area (Å²) in [5, 5.41) is 11.7. The number of para-hydroxylation sites is 1. The number of halogens is 1. The maximum Gasteiger partial charge on any atom is 0.316 e. The Labute approximate surface area is 190 Å². The van der Waals surface area contributed by atoms with E-state index in [4.69, 9.17) is 4.74 Å². The lowest BCUT2D eigenvalue weighted by atomic mass is 10.1. The second kappa shape index (κ2) is 10.9. The summed E-state index contributed by atoms with van der Waals surface area (Å²) >= 11 is 1.15. The number of nitrogens with zero attached hydrogens (tertiary/aromatic N) is 3. The Bertz CT molecular complexity index is 1050. The molecule has 0 saturated carbocycles. The molecule has 0 aliphatic rings. The normalized spacial score (nSPS) is 11.9. The smallest absolute Gasteiger partial charge is 0.316 e. The van der Waals surface area contributed by atoms with Crippen molar-refractivity contribution in [1.82, 2.24) is 20.1 Å². The molecule has 0 radical (unpaired) electrons. The van der Waals surface area contributed by atoms with Crippen molar-refractivity contribution in [3.05, 3.63) is 60.4 Å². The zero-order valence-electron chi connectivity index (χ0n) is 18.1. The molecule has 2 aromatic carbocycles. The van der Waals surface area contributed by atoms with Crippen LogP contribution in [0.4, 0.5) is 4.39 Å². The first-order valence-corrected chi connectivity index (χ1v) is 11.2. The standard InChI is InChI=1S/C23H25FN4O3S/c1-15(2)16(3)25-20(29)13-31-21(30)14-32-23-27-26-22(17-9-11-18(24)12-10-17)28(23)19-7-5-4-6-8-19/h4-12,15-16H,13-14H2,1-3H3,(H,25,29). The van der Waals surface area contributed by atoms with Crippen LogP contribution in [0.1, 0.15) is 20.8 Å². The molecule has 0 saturated heterocycles. The summed E-state index contributed by atoms with van der Waals surface area (Å²) in [5.74, 6) is -0.451. The van der Waals surface area contributed by atoms with Gasteiger partial charge in [-0.15, -0.1) is 10.2 Å². The largest absolute Gasteiger partial charge is 0.455 e. The minimum absolute atomic E-state index is 0.00937. The second-order valence-electron chi connectivity index (χ2n) is 7.53. The molecule has 3 aromatic rings. The number of ether oxygens (including phenoxy) is 1. The number of nitrogens with one attached hydrogen (secondary N) is 1. The van der Waals surface area contributed by atoms with Gasteiger partial charge in [-0.05, 0) is 49.2 Å². The van der Waals surface area contributed by atoms with Gasteiger partial charge >= 0.3 is 5.97 Å². The van der Waals surface area contributed by atoms with Gasteiger partial charge in [-0.3, -0.25) is 14.2 Å². The number of carbonyl (C=O) groups excluding carboxylic acids is 2.